The number of carbonyl (C=O) groups is 1. The molecule has 0 radical (unpaired) electrons. The fourth-order valence-electron chi connectivity index (χ4n) is 5.39. The Labute approximate surface area is 122 Å². The average Bonchev–Trinajstić information content (AvgIpc) is 2.32. The molecule has 1 N–H and O–H groups in total. The smallest absolute Gasteiger partial charge is 0.220 e. The second-order valence-electron chi connectivity index (χ2n) is 7.86. The third-order valence-electron chi connectivity index (χ3n) is 5.58. The van der Waals surface area contributed by atoms with Crippen molar-refractivity contribution in [2.24, 2.45) is 23.2 Å². The fourth-order valence-corrected chi connectivity index (χ4v) is 5.39. The zero-order chi connectivity index (χ0) is 14.2. The second-order valence-corrected chi connectivity index (χ2v) is 7.86. The molecule has 0 unspecified atom stereocenters. The van der Waals surface area contributed by atoms with Crippen LogP contribution in [0.1, 0.15) is 58.8 Å². The van der Waals surface area contributed by atoms with E-state index in [4.69, 9.17) is 4.74 Å². The third-order valence-corrected chi connectivity index (χ3v) is 5.58. The van der Waals surface area contributed by atoms with Crippen LogP contribution in [0.15, 0.2) is 0 Å². The first-order valence-electron chi connectivity index (χ1n) is 8.43. The van der Waals surface area contributed by atoms with Crippen LogP contribution in [0.3, 0.4) is 0 Å². The van der Waals surface area contributed by atoms with Crippen molar-refractivity contribution in [3.8, 4) is 0 Å². The summed E-state index contributed by atoms with van der Waals surface area (Å²) in [4.78, 5) is 12.2. The van der Waals surface area contributed by atoms with Gasteiger partial charge in [-0.25, -0.2) is 0 Å². The Hall–Kier alpha value is -0.570. The summed E-state index contributed by atoms with van der Waals surface area (Å²) in [6.07, 6.45) is 9.29. The van der Waals surface area contributed by atoms with Gasteiger partial charge in [-0.2, -0.15) is 0 Å². The lowest BCUT2D eigenvalue weighted by Gasteiger charge is -2.56. The second kappa shape index (κ2) is 5.67. The number of amides is 1. The van der Waals surface area contributed by atoms with Crippen molar-refractivity contribution >= 4 is 5.91 Å². The van der Waals surface area contributed by atoms with E-state index in [1.807, 2.05) is 13.8 Å². The van der Waals surface area contributed by atoms with Crippen molar-refractivity contribution in [1.29, 1.82) is 0 Å². The predicted octanol–water partition coefficient (Wildman–Crippen LogP) is 3.13. The Kier molecular flexibility index (Phi) is 4.07. The molecule has 20 heavy (non-hydrogen) atoms. The molecule has 0 heterocycles. The number of carbonyl (C=O) groups excluding carboxylic acids is 1. The molecular weight excluding hydrogens is 250 g/mol. The number of ether oxygens (including phenoxy) is 1. The molecule has 0 aromatic carbocycles. The summed E-state index contributed by atoms with van der Waals surface area (Å²) < 4.78 is 5.47. The average molecular weight is 279 g/mol. The molecule has 4 rings (SSSR count). The van der Waals surface area contributed by atoms with Crippen LogP contribution < -0.4 is 5.32 Å². The Morgan fingerprint density at radius 3 is 2.20 bits per heavy atom. The van der Waals surface area contributed by atoms with Gasteiger partial charge in [0.2, 0.25) is 5.91 Å². The summed E-state index contributed by atoms with van der Waals surface area (Å²) >= 11 is 0. The Bertz CT molecular complexity index is 329. The molecule has 4 aliphatic carbocycles. The van der Waals surface area contributed by atoms with E-state index in [0.29, 0.717) is 18.6 Å². The van der Waals surface area contributed by atoms with E-state index in [0.717, 1.165) is 24.2 Å². The van der Waals surface area contributed by atoms with Crippen LogP contribution in [0.25, 0.3) is 0 Å². The molecule has 0 atom stereocenters. The monoisotopic (exact) mass is 279 g/mol. The van der Waals surface area contributed by atoms with Crippen LogP contribution in [0.4, 0.5) is 0 Å². The Morgan fingerprint density at radius 2 is 1.70 bits per heavy atom. The van der Waals surface area contributed by atoms with E-state index in [2.05, 4.69) is 5.32 Å². The van der Waals surface area contributed by atoms with Crippen LogP contribution in [0.5, 0.6) is 0 Å². The first-order valence-corrected chi connectivity index (χ1v) is 8.43. The molecule has 4 bridgehead atoms. The summed E-state index contributed by atoms with van der Waals surface area (Å²) in [5.41, 5.74) is 0.359. The lowest BCUT2D eigenvalue weighted by molar-refractivity contribution is -0.129. The van der Waals surface area contributed by atoms with Crippen molar-refractivity contribution in [2.75, 3.05) is 13.2 Å². The van der Waals surface area contributed by atoms with Gasteiger partial charge in [-0.1, -0.05) is 0 Å². The van der Waals surface area contributed by atoms with E-state index >= 15 is 0 Å². The van der Waals surface area contributed by atoms with Crippen LogP contribution >= 0.6 is 0 Å². The summed E-state index contributed by atoms with van der Waals surface area (Å²) in [6, 6.07) is 0. The van der Waals surface area contributed by atoms with E-state index in [-0.39, 0.29) is 12.0 Å². The van der Waals surface area contributed by atoms with E-state index in [1.54, 1.807) is 0 Å². The molecule has 3 heteroatoms. The van der Waals surface area contributed by atoms with Gasteiger partial charge in [0, 0.05) is 13.0 Å². The maximum Gasteiger partial charge on any atom is 0.220 e. The van der Waals surface area contributed by atoms with Gasteiger partial charge in [0.1, 0.15) is 0 Å². The van der Waals surface area contributed by atoms with Gasteiger partial charge in [0.25, 0.3) is 0 Å². The normalized spacial score (nSPS) is 38.5. The van der Waals surface area contributed by atoms with Gasteiger partial charge in [0.05, 0.1) is 12.7 Å². The SMILES string of the molecule is CC(C)OCCNC(=O)CC12CC3CC(CC(C3)C1)C2. The first-order chi connectivity index (χ1) is 9.55. The summed E-state index contributed by atoms with van der Waals surface area (Å²) in [7, 11) is 0. The van der Waals surface area contributed by atoms with Gasteiger partial charge < -0.3 is 10.1 Å². The standard InChI is InChI=1S/C17H29NO2/c1-12(2)20-4-3-18-16(19)11-17-8-13-5-14(9-17)7-15(6-13)10-17/h12-15H,3-11H2,1-2H3,(H,18,19). The number of hydrogen-bond acceptors (Lipinski definition) is 2. The topological polar surface area (TPSA) is 38.3 Å². The summed E-state index contributed by atoms with van der Waals surface area (Å²) in [6.45, 7) is 5.34. The van der Waals surface area contributed by atoms with Gasteiger partial charge in [0.15, 0.2) is 0 Å². The van der Waals surface area contributed by atoms with Crippen LogP contribution in [0.2, 0.25) is 0 Å². The molecule has 0 aliphatic heterocycles. The first kappa shape index (κ1) is 14.4. The summed E-state index contributed by atoms with van der Waals surface area (Å²) in [5, 5.41) is 3.05. The minimum absolute atomic E-state index is 0.245. The molecule has 4 saturated carbocycles. The molecule has 3 nitrogen and oxygen atoms in total. The summed E-state index contributed by atoms with van der Waals surface area (Å²) in [5.74, 6) is 3.04. The van der Waals surface area contributed by atoms with Gasteiger partial charge in [-0.15, -0.1) is 0 Å². The van der Waals surface area contributed by atoms with Crippen molar-refractivity contribution in [1.82, 2.24) is 5.32 Å². The van der Waals surface area contributed by atoms with Gasteiger partial charge in [-0.3, -0.25) is 4.79 Å². The van der Waals surface area contributed by atoms with E-state index < -0.39 is 0 Å². The number of nitrogens with one attached hydrogen (secondary N) is 1. The number of hydrogen-bond donors (Lipinski definition) is 1. The van der Waals surface area contributed by atoms with E-state index in [1.165, 1.54) is 38.5 Å². The predicted molar refractivity (Wildman–Crippen MR) is 79.3 cm³/mol. The number of rotatable bonds is 6. The van der Waals surface area contributed by atoms with Crippen LogP contribution in [0, 0.1) is 23.2 Å². The Balaban J connectivity index is 1.46. The van der Waals surface area contributed by atoms with Gasteiger partial charge in [-0.05, 0) is 75.5 Å². The molecule has 0 saturated heterocycles. The van der Waals surface area contributed by atoms with Crippen LogP contribution in [-0.2, 0) is 9.53 Å². The highest BCUT2D eigenvalue weighted by Gasteiger charge is 2.51. The molecule has 4 fully saturated rings. The zero-order valence-electron chi connectivity index (χ0n) is 13.0. The molecule has 0 spiro atoms. The van der Waals surface area contributed by atoms with E-state index in [9.17, 15) is 4.79 Å². The highest BCUT2D eigenvalue weighted by atomic mass is 16.5. The molecule has 0 aromatic heterocycles. The maximum atomic E-state index is 12.2. The highest BCUT2D eigenvalue weighted by molar-refractivity contribution is 5.76. The molecule has 1 amide bonds. The zero-order valence-corrected chi connectivity index (χ0v) is 13.0. The largest absolute Gasteiger partial charge is 0.377 e. The molecule has 114 valence electrons. The highest BCUT2D eigenvalue weighted by Crippen LogP contribution is 2.61. The van der Waals surface area contributed by atoms with Crippen molar-refractivity contribution in [3.05, 3.63) is 0 Å². The lowest BCUT2D eigenvalue weighted by atomic mass is 9.49. The molecule has 4 aliphatic rings. The maximum absolute atomic E-state index is 12.2. The quantitative estimate of drug-likeness (QED) is 0.759. The minimum atomic E-state index is 0.245. The van der Waals surface area contributed by atoms with Crippen molar-refractivity contribution in [3.63, 3.8) is 0 Å². The van der Waals surface area contributed by atoms with Crippen LogP contribution in [-0.4, -0.2) is 25.2 Å². The van der Waals surface area contributed by atoms with Crippen molar-refractivity contribution in [2.45, 2.75) is 64.9 Å². The lowest BCUT2D eigenvalue weighted by Crippen LogP contribution is -2.48. The molecule has 0 aromatic rings. The fraction of sp³-hybridized carbons (Fsp3) is 0.941. The molecular formula is C17H29NO2. The van der Waals surface area contributed by atoms with Crippen molar-refractivity contribution < 1.29 is 9.53 Å². The minimum Gasteiger partial charge on any atom is -0.377 e. The Morgan fingerprint density at radius 1 is 1.15 bits per heavy atom. The third kappa shape index (κ3) is 3.19. The van der Waals surface area contributed by atoms with Gasteiger partial charge >= 0.3 is 0 Å².